The van der Waals surface area contributed by atoms with Gasteiger partial charge in [-0.2, -0.15) is 5.10 Å². The van der Waals surface area contributed by atoms with Gasteiger partial charge in [0.05, 0.1) is 18.5 Å². The van der Waals surface area contributed by atoms with Crippen molar-refractivity contribution in [1.82, 2.24) is 14.7 Å². The number of nitrogens with zero attached hydrogens (tertiary/aromatic N) is 3. The molecule has 6 heteroatoms. The second kappa shape index (κ2) is 9.04. The third-order valence-electron chi connectivity index (χ3n) is 4.95. The van der Waals surface area contributed by atoms with E-state index < -0.39 is 0 Å². The van der Waals surface area contributed by atoms with Crippen LogP contribution in [-0.2, 0) is 16.0 Å². The molecule has 1 amide bonds. The molecular formula is C22H31N3O3. The molecular weight excluding hydrogens is 354 g/mol. The SMILES string of the molecule is COC(=O)CCc1c(C)nn(-c2ccc(C(=O)N(C(C)C)C(C)C)cc2)c1C. The Morgan fingerprint density at radius 2 is 1.64 bits per heavy atom. The van der Waals surface area contributed by atoms with Crippen LogP contribution in [0.1, 0.15) is 61.4 Å². The molecule has 0 atom stereocenters. The molecule has 0 saturated carbocycles. The Kier molecular flexibility index (Phi) is 7.00. The first-order valence-electron chi connectivity index (χ1n) is 9.72. The van der Waals surface area contributed by atoms with E-state index in [9.17, 15) is 9.59 Å². The molecule has 0 unspecified atom stereocenters. The number of aryl methyl sites for hydroxylation is 1. The van der Waals surface area contributed by atoms with Crippen molar-refractivity contribution >= 4 is 11.9 Å². The van der Waals surface area contributed by atoms with Crippen LogP contribution in [0, 0.1) is 13.8 Å². The van der Waals surface area contributed by atoms with Crippen LogP contribution in [0.2, 0.25) is 0 Å². The predicted molar refractivity (Wildman–Crippen MR) is 110 cm³/mol. The summed E-state index contributed by atoms with van der Waals surface area (Å²) in [4.78, 5) is 26.2. The molecule has 0 fully saturated rings. The van der Waals surface area contributed by atoms with Gasteiger partial charge in [-0.05, 0) is 77.8 Å². The Hall–Kier alpha value is -2.63. The molecule has 28 heavy (non-hydrogen) atoms. The number of methoxy groups -OCH3 is 1. The Balaban J connectivity index is 2.26. The van der Waals surface area contributed by atoms with Crippen molar-refractivity contribution in [3.05, 3.63) is 46.8 Å². The van der Waals surface area contributed by atoms with Gasteiger partial charge in [0, 0.05) is 29.8 Å². The topological polar surface area (TPSA) is 64.4 Å². The van der Waals surface area contributed by atoms with Gasteiger partial charge in [0.15, 0.2) is 0 Å². The molecule has 0 spiro atoms. The number of esters is 1. The minimum atomic E-state index is -0.228. The summed E-state index contributed by atoms with van der Waals surface area (Å²) in [5, 5.41) is 4.62. The molecule has 1 aromatic heterocycles. The molecule has 0 radical (unpaired) electrons. The summed E-state index contributed by atoms with van der Waals surface area (Å²) in [6.07, 6.45) is 0.927. The molecule has 1 heterocycles. The zero-order valence-electron chi connectivity index (χ0n) is 17.9. The van der Waals surface area contributed by atoms with Gasteiger partial charge in [-0.1, -0.05) is 0 Å². The second-order valence-corrected chi connectivity index (χ2v) is 7.58. The standard InChI is InChI=1S/C22H31N3O3/c1-14(2)24(15(3)4)22(27)18-8-10-19(11-9-18)25-17(6)20(16(5)23-25)12-13-21(26)28-7/h8-11,14-15H,12-13H2,1-7H3. The van der Waals surface area contributed by atoms with Crippen molar-refractivity contribution in [1.29, 1.82) is 0 Å². The van der Waals surface area contributed by atoms with Gasteiger partial charge in [-0.25, -0.2) is 4.68 Å². The van der Waals surface area contributed by atoms with Crippen LogP contribution in [0.15, 0.2) is 24.3 Å². The van der Waals surface area contributed by atoms with E-state index in [-0.39, 0.29) is 24.0 Å². The summed E-state index contributed by atoms with van der Waals surface area (Å²) in [6.45, 7) is 12.0. The normalized spacial score (nSPS) is 11.2. The summed E-state index contributed by atoms with van der Waals surface area (Å²) in [6, 6.07) is 7.80. The Morgan fingerprint density at radius 3 is 2.14 bits per heavy atom. The van der Waals surface area contributed by atoms with E-state index >= 15 is 0 Å². The maximum atomic E-state index is 12.8. The molecule has 0 aliphatic carbocycles. The first-order chi connectivity index (χ1) is 13.2. The number of aromatic nitrogens is 2. The number of rotatable bonds is 7. The smallest absolute Gasteiger partial charge is 0.305 e. The van der Waals surface area contributed by atoms with Crippen molar-refractivity contribution in [2.45, 2.75) is 66.5 Å². The predicted octanol–water partition coefficient (Wildman–Crippen LogP) is 3.85. The number of carbonyl (C=O) groups excluding carboxylic acids is 2. The van der Waals surface area contributed by atoms with E-state index in [2.05, 4.69) is 5.10 Å². The zero-order chi connectivity index (χ0) is 21.0. The van der Waals surface area contributed by atoms with Gasteiger partial charge in [-0.3, -0.25) is 9.59 Å². The highest BCUT2D eigenvalue weighted by atomic mass is 16.5. The number of ether oxygens (including phenoxy) is 1. The van der Waals surface area contributed by atoms with Crippen LogP contribution < -0.4 is 0 Å². The van der Waals surface area contributed by atoms with Gasteiger partial charge >= 0.3 is 5.97 Å². The molecule has 2 aromatic rings. The van der Waals surface area contributed by atoms with E-state index in [4.69, 9.17) is 4.74 Å². The molecule has 6 nitrogen and oxygen atoms in total. The van der Waals surface area contributed by atoms with Crippen molar-refractivity contribution in [3.63, 3.8) is 0 Å². The minimum Gasteiger partial charge on any atom is -0.469 e. The molecule has 0 bridgehead atoms. The highest BCUT2D eigenvalue weighted by Crippen LogP contribution is 2.21. The third-order valence-corrected chi connectivity index (χ3v) is 4.95. The van der Waals surface area contributed by atoms with Gasteiger partial charge < -0.3 is 9.64 Å². The van der Waals surface area contributed by atoms with E-state index in [0.717, 1.165) is 22.6 Å². The molecule has 0 aliphatic rings. The number of hydrogen-bond acceptors (Lipinski definition) is 4. The first kappa shape index (κ1) is 21.7. The largest absolute Gasteiger partial charge is 0.469 e. The lowest BCUT2D eigenvalue weighted by molar-refractivity contribution is -0.140. The second-order valence-electron chi connectivity index (χ2n) is 7.58. The first-order valence-corrected chi connectivity index (χ1v) is 9.72. The van der Waals surface area contributed by atoms with Crippen molar-refractivity contribution in [3.8, 4) is 5.69 Å². The van der Waals surface area contributed by atoms with Gasteiger partial charge in [0.2, 0.25) is 0 Å². The van der Waals surface area contributed by atoms with Crippen molar-refractivity contribution in [2.24, 2.45) is 0 Å². The quantitative estimate of drug-likeness (QED) is 0.679. The van der Waals surface area contributed by atoms with E-state index in [1.165, 1.54) is 7.11 Å². The summed E-state index contributed by atoms with van der Waals surface area (Å²) < 4.78 is 6.59. The zero-order valence-corrected chi connectivity index (χ0v) is 17.9. The van der Waals surface area contributed by atoms with Crippen LogP contribution in [0.3, 0.4) is 0 Å². The average molecular weight is 386 g/mol. The van der Waals surface area contributed by atoms with Gasteiger partial charge in [0.25, 0.3) is 5.91 Å². The number of hydrogen-bond donors (Lipinski definition) is 0. The lowest BCUT2D eigenvalue weighted by Gasteiger charge is -2.30. The summed E-state index contributed by atoms with van der Waals surface area (Å²) in [5.74, 6) is -0.196. The van der Waals surface area contributed by atoms with Crippen molar-refractivity contribution in [2.75, 3.05) is 7.11 Å². The van der Waals surface area contributed by atoms with Gasteiger partial charge in [-0.15, -0.1) is 0 Å². The highest BCUT2D eigenvalue weighted by Gasteiger charge is 2.22. The Labute approximate surface area is 167 Å². The maximum Gasteiger partial charge on any atom is 0.305 e. The summed E-state index contributed by atoms with van der Waals surface area (Å²) in [7, 11) is 1.40. The molecule has 0 saturated heterocycles. The van der Waals surface area contributed by atoms with Crippen LogP contribution in [0.25, 0.3) is 5.69 Å². The highest BCUT2D eigenvalue weighted by molar-refractivity contribution is 5.94. The van der Waals surface area contributed by atoms with Crippen LogP contribution in [-0.4, -0.2) is 45.8 Å². The maximum absolute atomic E-state index is 12.8. The van der Waals surface area contributed by atoms with Crippen LogP contribution in [0.4, 0.5) is 0 Å². The number of amides is 1. The Morgan fingerprint density at radius 1 is 1.07 bits per heavy atom. The number of benzene rings is 1. The summed E-state index contributed by atoms with van der Waals surface area (Å²) in [5.41, 5.74) is 4.50. The van der Waals surface area contributed by atoms with Crippen LogP contribution in [0.5, 0.6) is 0 Å². The average Bonchev–Trinajstić information content (AvgIpc) is 2.93. The van der Waals surface area contributed by atoms with E-state index in [1.54, 1.807) is 0 Å². The van der Waals surface area contributed by atoms with E-state index in [0.29, 0.717) is 18.4 Å². The fourth-order valence-electron chi connectivity index (χ4n) is 3.58. The molecule has 0 aliphatic heterocycles. The number of carbonyl (C=O) groups is 2. The monoisotopic (exact) mass is 385 g/mol. The Bertz CT molecular complexity index is 827. The third kappa shape index (κ3) is 4.61. The van der Waals surface area contributed by atoms with Crippen LogP contribution >= 0.6 is 0 Å². The summed E-state index contributed by atoms with van der Waals surface area (Å²) >= 11 is 0. The minimum absolute atomic E-state index is 0.0312. The fraction of sp³-hybridized carbons (Fsp3) is 0.500. The lowest BCUT2D eigenvalue weighted by Crippen LogP contribution is -2.42. The molecule has 2 rings (SSSR count). The molecule has 0 N–H and O–H groups in total. The molecule has 152 valence electrons. The van der Waals surface area contributed by atoms with Gasteiger partial charge in [0.1, 0.15) is 0 Å². The molecule has 1 aromatic carbocycles. The lowest BCUT2D eigenvalue weighted by atomic mass is 10.1. The van der Waals surface area contributed by atoms with Crippen molar-refractivity contribution < 1.29 is 14.3 Å². The van der Waals surface area contributed by atoms with E-state index in [1.807, 2.05) is 75.4 Å². The fourth-order valence-corrected chi connectivity index (χ4v) is 3.58.